The Morgan fingerprint density at radius 3 is 2.38 bits per heavy atom. The van der Waals surface area contributed by atoms with Gasteiger partial charge in [-0.3, -0.25) is 9.48 Å². The van der Waals surface area contributed by atoms with Crippen LogP contribution in [-0.2, 0) is 18.3 Å². The quantitative estimate of drug-likeness (QED) is 0.801. The van der Waals surface area contributed by atoms with Gasteiger partial charge in [0, 0.05) is 32.3 Å². The van der Waals surface area contributed by atoms with Crippen molar-refractivity contribution in [1.82, 2.24) is 14.7 Å². The number of nitrogens with zero attached hydrogens (tertiary/aromatic N) is 3. The maximum absolute atomic E-state index is 12.5. The second-order valence-corrected chi connectivity index (χ2v) is 6.53. The molecule has 0 aromatic carbocycles. The van der Waals surface area contributed by atoms with E-state index in [-0.39, 0.29) is 0 Å². The molecule has 2 heterocycles. The third-order valence-electron chi connectivity index (χ3n) is 5.22. The second kappa shape index (κ2) is 5.66. The van der Waals surface area contributed by atoms with Gasteiger partial charge in [-0.1, -0.05) is 12.2 Å². The summed E-state index contributed by atoms with van der Waals surface area (Å²) < 4.78 is 1.91. The van der Waals surface area contributed by atoms with Crippen molar-refractivity contribution in [1.29, 1.82) is 0 Å². The molecule has 1 amide bonds. The zero-order valence-corrected chi connectivity index (χ0v) is 13.3. The molecule has 0 radical (unpaired) electrons. The first-order chi connectivity index (χ1) is 10.1. The van der Waals surface area contributed by atoms with Crippen molar-refractivity contribution < 1.29 is 4.79 Å². The van der Waals surface area contributed by atoms with E-state index in [1.807, 2.05) is 18.7 Å². The van der Waals surface area contributed by atoms with Crippen LogP contribution in [0.3, 0.4) is 0 Å². The minimum Gasteiger partial charge on any atom is -0.342 e. The van der Waals surface area contributed by atoms with Crippen LogP contribution in [0.1, 0.15) is 36.2 Å². The molecule has 4 heteroatoms. The third-order valence-corrected chi connectivity index (χ3v) is 5.22. The number of amides is 1. The summed E-state index contributed by atoms with van der Waals surface area (Å²) in [4.78, 5) is 14.6. The van der Waals surface area contributed by atoms with Crippen LogP contribution in [0.15, 0.2) is 12.2 Å². The number of hydrogen-bond acceptors (Lipinski definition) is 2. The lowest BCUT2D eigenvalue weighted by molar-refractivity contribution is -0.130. The Morgan fingerprint density at radius 1 is 1.24 bits per heavy atom. The predicted octanol–water partition coefficient (Wildman–Crippen LogP) is 2.39. The molecule has 0 unspecified atom stereocenters. The van der Waals surface area contributed by atoms with Gasteiger partial charge >= 0.3 is 0 Å². The average Bonchev–Trinajstić information content (AvgIpc) is 2.99. The number of carbonyl (C=O) groups is 1. The third kappa shape index (κ3) is 2.76. The molecular formula is C17H25N3O. The summed E-state index contributed by atoms with van der Waals surface area (Å²) >= 11 is 0. The number of carbonyl (C=O) groups excluding carboxylic acids is 1. The Kier molecular flexibility index (Phi) is 3.87. The molecule has 0 spiro atoms. The molecule has 21 heavy (non-hydrogen) atoms. The van der Waals surface area contributed by atoms with Crippen LogP contribution in [0.4, 0.5) is 0 Å². The maximum Gasteiger partial charge on any atom is 0.222 e. The summed E-state index contributed by atoms with van der Waals surface area (Å²) in [5, 5.41) is 4.43. The molecule has 0 N–H and O–H groups in total. The number of rotatable bonds is 3. The van der Waals surface area contributed by atoms with Crippen molar-refractivity contribution in [3.63, 3.8) is 0 Å². The van der Waals surface area contributed by atoms with Crippen LogP contribution in [0, 0.1) is 25.7 Å². The van der Waals surface area contributed by atoms with Gasteiger partial charge in [0.1, 0.15) is 0 Å². The number of aryl methyl sites for hydroxylation is 2. The minimum absolute atomic E-state index is 0.312. The number of aromatic nitrogens is 2. The lowest BCUT2D eigenvalue weighted by atomic mass is 9.86. The smallest absolute Gasteiger partial charge is 0.222 e. The monoisotopic (exact) mass is 287 g/mol. The Bertz CT molecular complexity index is 557. The summed E-state index contributed by atoms with van der Waals surface area (Å²) in [5.41, 5.74) is 3.48. The van der Waals surface area contributed by atoms with Crippen LogP contribution in [0.2, 0.25) is 0 Å². The SMILES string of the molecule is Cc1nn(C)c(C)c1CCC(=O)N1C[C@H]2CC=CC[C@H]2C1. The van der Waals surface area contributed by atoms with Gasteiger partial charge in [-0.15, -0.1) is 0 Å². The molecule has 1 fully saturated rings. The van der Waals surface area contributed by atoms with Gasteiger partial charge in [-0.2, -0.15) is 5.10 Å². The highest BCUT2D eigenvalue weighted by molar-refractivity contribution is 5.77. The Labute approximate surface area is 126 Å². The highest BCUT2D eigenvalue weighted by Crippen LogP contribution is 2.33. The maximum atomic E-state index is 12.5. The average molecular weight is 287 g/mol. The number of allylic oxidation sites excluding steroid dienone is 2. The van der Waals surface area contributed by atoms with E-state index in [1.54, 1.807) is 0 Å². The summed E-state index contributed by atoms with van der Waals surface area (Å²) in [6, 6.07) is 0. The van der Waals surface area contributed by atoms with Crippen molar-refractivity contribution in [2.45, 2.75) is 39.5 Å². The largest absolute Gasteiger partial charge is 0.342 e. The number of likely N-dealkylation sites (tertiary alicyclic amines) is 1. The molecule has 0 bridgehead atoms. The van der Waals surface area contributed by atoms with Gasteiger partial charge in [0.25, 0.3) is 0 Å². The number of fused-ring (bicyclic) bond motifs is 1. The molecule has 114 valence electrons. The van der Waals surface area contributed by atoms with E-state index >= 15 is 0 Å². The summed E-state index contributed by atoms with van der Waals surface area (Å²) in [5.74, 6) is 1.70. The molecule has 1 aromatic rings. The van der Waals surface area contributed by atoms with Crippen LogP contribution in [0.5, 0.6) is 0 Å². The standard InChI is InChI=1S/C17H25N3O/c1-12-16(13(2)19(3)18-12)8-9-17(21)20-10-14-6-4-5-7-15(14)11-20/h4-5,14-15H,6-11H2,1-3H3/t14-,15+. The van der Waals surface area contributed by atoms with Crippen molar-refractivity contribution in [3.05, 3.63) is 29.1 Å². The normalized spacial score (nSPS) is 24.4. The van der Waals surface area contributed by atoms with E-state index in [0.717, 1.165) is 38.0 Å². The zero-order valence-electron chi connectivity index (χ0n) is 13.3. The minimum atomic E-state index is 0.312. The molecule has 1 aliphatic heterocycles. The van der Waals surface area contributed by atoms with Gasteiger partial charge in [-0.25, -0.2) is 0 Å². The van der Waals surface area contributed by atoms with E-state index < -0.39 is 0 Å². The Morgan fingerprint density at radius 2 is 1.86 bits per heavy atom. The molecule has 0 saturated carbocycles. The molecule has 4 nitrogen and oxygen atoms in total. The fraction of sp³-hybridized carbons (Fsp3) is 0.647. The van der Waals surface area contributed by atoms with Crippen LogP contribution in [0.25, 0.3) is 0 Å². The topological polar surface area (TPSA) is 38.1 Å². The van der Waals surface area contributed by atoms with Gasteiger partial charge in [-0.05, 0) is 50.5 Å². The summed E-state index contributed by atoms with van der Waals surface area (Å²) in [7, 11) is 1.96. The summed E-state index contributed by atoms with van der Waals surface area (Å²) in [6.07, 6.45) is 8.27. The second-order valence-electron chi connectivity index (χ2n) is 6.53. The molecule has 2 atom stereocenters. The Balaban J connectivity index is 1.58. The highest BCUT2D eigenvalue weighted by atomic mass is 16.2. The van der Waals surface area contributed by atoms with Gasteiger partial charge in [0.05, 0.1) is 5.69 Å². The van der Waals surface area contributed by atoms with Gasteiger partial charge in [0.15, 0.2) is 0 Å². The fourth-order valence-electron chi connectivity index (χ4n) is 3.79. The van der Waals surface area contributed by atoms with E-state index in [1.165, 1.54) is 11.3 Å². The van der Waals surface area contributed by atoms with E-state index in [2.05, 4.69) is 29.1 Å². The number of hydrogen-bond donors (Lipinski definition) is 0. The predicted molar refractivity (Wildman–Crippen MR) is 82.9 cm³/mol. The zero-order chi connectivity index (χ0) is 15.0. The van der Waals surface area contributed by atoms with Crippen LogP contribution in [-0.4, -0.2) is 33.7 Å². The van der Waals surface area contributed by atoms with Crippen molar-refractivity contribution in [2.75, 3.05) is 13.1 Å². The molecular weight excluding hydrogens is 262 g/mol. The fourth-order valence-corrected chi connectivity index (χ4v) is 3.79. The molecule has 1 aliphatic carbocycles. The van der Waals surface area contributed by atoms with Crippen molar-refractivity contribution >= 4 is 5.91 Å². The lowest BCUT2D eigenvalue weighted by Gasteiger charge is -2.17. The first-order valence-corrected chi connectivity index (χ1v) is 7.98. The lowest BCUT2D eigenvalue weighted by Crippen LogP contribution is -2.29. The molecule has 3 rings (SSSR count). The van der Waals surface area contributed by atoms with Gasteiger partial charge < -0.3 is 4.90 Å². The van der Waals surface area contributed by atoms with Crippen LogP contribution < -0.4 is 0 Å². The van der Waals surface area contributed by atoms with E-state index in [4.69, 9.17) is 0 Å². The van der Waals surface area contributed by atoms with E-state index in [9.17, 15) is 4.79 Å². The van der Waals surface area contributed by atoms with Crippen molar-refractivity contribution in [2.24, 2.45) is 18.9 Å². The van der Waals surface area contributed by atoms with Crippen LogP contribution >= 0.6 is 0 Å². The molecule has 2 aliphatic rings. The summed E-state index contributed by atoms with van der Waals surface area (Å²) in [6.45, 7) is 6.02. The molecule has 1 aromatic heterocycles. The molecule has 1 saturated heterocycles. The Hall–Kier alpha value is -1.58. The first-order valence-electron chi connectivity index (χ1n) is 7.98. The van der Waals surface area contributed by atoms with Gasteiger partial charge in [0.2, 0.25) is 5.91 Å². The first kappa shape index (κ1) is 14.4. The van der Waals surface area contributed by atoms with Crippen molar-refractivity contribution in [3.8, 4) is 0 Å². The highest BCUT2D eigenvalue weighted by Gasteiger charge is 2.34. The van der Waals surface area contributed by atoms with E-state index in [0.29, 0.717) is 24.2 Å².